The number of hydrogen-bond donors (Lipinski definition) is 2. The number of halogens is 1. The summed E-state index contributed by atoms with van der Waals surface area (Å²) in [5.41, 5.74) is 2.22. The first-order valence-electron chi connectivity index (χ1n) is 9.57. The standard InChI is InChI=1S/C18H31N7O.HI/c1-14-16(13-21-22-14)12-20-18(19-3)25-10-8-23(9-11-25)15(2)17(26)24-6-4-5-7-24;/h13,15H,4-12H2,1-3H3,(H,19,20)(H,21,22);1H. The van der Waals surface area contributed by atoms with Crippen molar-refractivity contribution in [2.45, 2.75) is 39.3 Å². The largest absolute Gasteiger partial charge is 0.352 e. The predicted molar refractivity (Wildman–Crippen MR) is 117 cm³/mol. The van der Waals surface area contributed by atoms with Gasteiger partial charge in [0.25, 0.3) is 0 Å². The summed E-state index contributed by atoms with van der Waals surface area (Å²) in [6.07, 6.45) is 4.13. The van der Waals surface area contributed by atoms with Crippen LogP contribution in [0.3, 0.4) is 0 Å². The van der Waals surface area contributed by atoms with Gasteiger partial charge in [-0.3, -0.25) is 19.8 Å². The molecule has 2 fully saturated rings. The number of H-pyrrole nitrogens is 1. The molecule has 8 nitrogen and oxygen atoms in total. The van der Waals surface area contributed by atoms with Gasteiger partial charge in [0.05, 0.1) is 12.2 Å². The summed E-state index contributed by atoms with van der Waals surface area (Å²) in [4.78, 5) is 23.6. The lowest BCUT2D eigenvalue weighted by atomic mass is 10.2. The number of aromatic amines is 1. The number of guanidine groups is 1. The summed E-state index contributed by atoms with van der Waals surface area (Å²) in [6.45, 7) is 10.1. The first-order valence-corrected chi connectivity index (χ1v) is 9.57. The molecule has 2 N–H and O–H groups in total. The number of likely N-dealkylation sites (tertiary alicyclic amines) is 1. The summed E-state index contributed by atoms with van der Waals surface area (Å²) < 4.78 is 0. The Labute approximate surface area is 178 Å². The molecule has 3 rings (SSSR count). The van der Waals surface area contributed by atoms with E-state index < -0.39 is 0 Å². The van der Waals surface area contributed by atoms with Gasteiger partial charge in [0.2, 0.25) is 5.91 Å². The highest BCUT2D eigenvalue weighted by atomic mass is 127. The molecule has 0 saturated carbocycles. The van der Waals surface area contributed by atoms with E-state index in [1.54, 1.807) is 0 Å². The predicted octanol–water partition coefficient (Wildman–Crippen LogP) is 1.04. The highest BCUT2D eigenvalue weighted by Gasteiger charge is 2.30. The SMILES string of the molecule is CN=C(NCc1cn[nH]c1C)N1CCN(C(C)C(=O)N2CCCC2)CC1.I. The van der Waals surface area contributed by atoms with E-state index in [1.165, 1.54) is 0 Å². The molecule has 0 radical (unpaired) electrons. The number of nitrogens with zero attached hydrogens (tertiary/aromatic N) is 5. The Morgan fingerprint density at radius 2 is 1.89 bits per heavy atom. The van der Waals surface area contributed by atoms with Gasteiger partial charge in [0, 0.05) is 64.1 Å². The van der Waals surface area contributed by atoms with E-state index in [-0.39, 0.29) is 35.9 Å². The van der Waals surface area contributed by atoms with Crippen molar-refractivity contribution in [1.29, 1.82) is 0 Å². The molecule has 2 aliphatic rings. The third kappa shape index (κ3) is 5.34. The van der Waals surface area contributed by atoms with Gasteiger partial charge in [-0.2, -0.15) is 5.10 Å². The summed E-state index contributed by atoms with van der Waals surface area (Å²) in [6, 6.07) is -0.0289. The van der Waals surface area contributed by atoms with Gasteiger partial charge in [0.1, 0.15) is 0 Å². The van der Waals surface area contributed by atoms with Crippen molar-refractivity contribution in [3.8, 4) is 0 Å². The Bertz CT molecular complexity index is 633. The molecule has 9 heteroatoms. The zero-order valence-corrected chi connectivity index (χ0v) is 18.9. The topological polar surface area (TPSA) is 79.9 Å². The summed E-state index contributed by atoms with van der Waals surface area (Å²) in [5.74, 6) is 1.19. The van der Waals surface area contributed by atoms with Crippen LogP contribution >= 0.6 is 24.0 Å². The molecule has 0 spiro atoms. The number of aryl methyl sites for hydroxylation is 1. The van der Waals surface area contributed by atoms with Crippen molar-refractivity contribution in [3.05, 3.63) is 17.5 Å². The fourth-order valence-corrected chi connectivity index (χ4v) is 3.74. The number of carbonyl (C=O) groups excluding carboxylic acids is 1. The Kier molecular flexibility index (Phi) is 8.33. The molecule has 1 atom stereocenters. The molecule has 2 aliphatic heterocycles. The number of amides is 1. The molecule has 1 amide bonds. The van der Waals surface area contributed by atoms with Crippen molar-refractivity contribution < 1.29 is 4.79 Å². The molecule has 1 aromatic heterocycles. The van der Waals surface area contributed by atoms with Crippen LogP contribution in [-0.4, -0.2) is 89.1 Å². The smallest absolute Gasteiger partial charge is 0.239 e. The molecule has 1 unspecified atom stereocenters. The molecule has 0 aromatic carbocycles. The van der Waals surface area contributed by atoms with Gasteiger partial charge in [-0.25, -0.2) is 0 Å². The van der Waals surface area contributed by atoms with Crippen LogP contribution in [0.4, 0.5) is 0 Å². The first kappa shape index (κ1) is 21.9. The normalized spacial score (nSPS) is 19.7. The highest BCUT2D eigenvalue weighted by molar-refractivity contribution is 14.0. The number of carbonyl (C=O) groups is 1. The minimum atomic E-state index is -0.0289. The molecule has 3 heterocycles. The van der Waals surface area contributed by atoms with Crippen LogP contribution in [0.15, 0.2) is 11.2 Å². The maximum atomic E-state index is 12.6. The Morgan fingerprint density at radius 3 is 2.44 bits per heavy atom. The minimum Gasteiger partial charge on any atom is -0.352 e. The molecule has 0 bridgehead atoms. The number of aromatic nitrogens is 2. The molecular weight excluding hydrogens is 457 g/mol. The average molecular weight is 489 g/mol. The van der Waals surface area contributed by atoms with Gasteiger partial charge in [-0.15, -0.1) is 24.0 Å². The zero-order chi connectivity index (χ0) is 18.5. The van der Waals surface area contributed by atoms with Crippen molar-refractivity contribution >= 4 is 35.8 Å². The van der Waals surface area contributed by atoms with E-state index >= 15 is 0 Å². The summed E-state index contributed by atoms with van der Waals surface area (Å²) in [5, 5.41) is 10.4. The van der Waals surface area contributed by atoms with E-state index in [0.717, 1.165) is 69.3 Å². The third-order valence-corrected chi connectivity index (χ3v) is 5.52. The van der Waals surface area contributed by atoms with Crippen LogP contribution < -0.4 is 5.32 Å². The summed E-state index contributed by atoms with van der Waals surface area (Å²) >= 11 is 0. The number of nitrogens with one attached hydrogen (secondary N) is 2. The molecule has 2 saturated heterocycles. The maximum absolute atomic E-state index is 12.6. The number of piperazine rings is 1. The van der Waals surface area contributed by atoms with Gasteiger partial charge < -0.3 is 15.1 Å². The fourth-order valence-electron chi connectivity index (χ4n) is 3.74. The van der Waals surface area contributed by atoms with Crippen LogP contribution in [0.25, 0.3) is 0 Å². The van der Waals surface area contributed by atoms with E-state index in [9.17, 15) is 4.79 Å². The zero-order valence-electron chi connectivity index (χ0n) is 16.6. The minimum absolute atomic E-state index is 0. The number of rotatable bonds is 4. The van der Waals surface area contributed by atoms with Gasteiger partial charge in [0.15, 0.2) is 5.96 Å². The second-order valence-corrected chi connectivity index (χ2v) is 7.15. The molecule has 152 valence electrons. The Hall–Kier alpha value is -1.36. The second-order valence-electron chi connectivity index (χ2n) is 7.15. The Morgan fingerprint density at radius 1 is 1.22 bits per heavy atom. The maximum Gasteiger partial charge on any atom is 0.239 e. The number of aliphatic imine (C=N–C) groups is 1. The van der Waals surface area contributed by atoms with Gasteiger partial charge >= 0.3 is 0 Å². The van der Waals surface area contributed by atoms with E-state index in [4.69, 9.17) is 0 Å². The molecular formula is C18H32IN7O. The summed E-state index contributed by atoms with van der Waals surface area (Å²) in [7, 11) is 1.82. The van der Waals surface area contributed by atoms with Crippen LogP contribution in [0, 0.1) is 6.92 Å². The van der Waals surface area contributed by atoms with Crippen LogP contribution in [-0.2, 0) is 11.3 Å². The van der Waals surface area contributed by atoms with E-state index in [0.29, 0.717) is 6.54 Å². The van der Waals surface area contributed by atoms with Crippen molar-refractivity contribution in [2.75, 3.05) is 46.3 Å². The Balaban J connectivity index is 0.00000261. The number of hydrogen-bond acceptors (Lipinski definition) is 4. The first-order chi connectivity index (χ1) is 12.6. The average Bonchev–Trinajstić information content (AvgIpc) is 3.34. The quantitative estimate of drug-likeness (QED) is 0.376. The van der Waals surface area contributed by atoms with Gasteiger partial charge in [-0.05, 0) is 26.7 Å². The van der Waals surface area contributed by atoms with E-state index in [1.807, 2.05) is 32.0 Å². The van der Waals surface area contributed by atoms with Crippen LogP contribution in [0.2, 0.25) is 0 Å². The van der Waals surface area contributed by atoms with Gasteiger partial charge in [-0.1, -0.05) is 0 Å². The lowest BCUT2D eigenvalue weighted by Crippen LogP contribution is -2.57. The van der Waals surface area contributed by atoms with Crippen LogP contribution in [0.5, 0.6) is 0 Å². The van der Waals surface area contributed by atoms with Crippen LogP contribution in [0.1, 0.15) is 31.0 Å². The lowest BCUT2D eigenvalue weighted by molar-refractivity contribution is -0.135. The fraction of sp³-hybridized carbons (Fsp3) is 0.722. The van der Waals surface area contributed by atoms with Crippen molar-refractivity contribution in [3.63, 3.8) is 0 Å². The highest BCUT2D eigenvalue weighted by Crippen LogP contribution is 2.14. The van der Waals surface area contributed by atoms with Crippen molar-refractivity contribution in [2.24, 2.45) is 4.99 Å². The monoisotopic (exact) mass is 489 g/mol. The second kappa shape index (κ2) is 10.3. The van der Waals surface area contributed by atoms with E-state index in [2.05, 4.69) is 30.3 Å². The third-order valence-electron chi connectivity index (χ3n) is 5.52. The molecule has 1 aromatic rings. The van der Waals surface area contributed by atoms with Crippen molar-refractivity contribution in [1.82, 2.24) is 30.2 Å². The molecule has 0 aliphatic carbocycles. The lowest BCUT2D eigenvalue weighted by Gasteiger charge is -2.39. The molecule has 27 heavy (non-hydrogen) atoms.